The van der Waals surface area contributed by atoms with Crippen molar-refractivity contribution in [2.45, 2.75) is 58.1 Å². The summed E-state index contributed by atoms with van der Waals surface area (Å²) in [5.74, 6) is -0.0565. The Labute approximate surface area is 182 Å². The monoisotopic (exact) mass is 436 g/mol. The number of fused-ring (bicyclic) bond motifs is 2. The number of carbonyl (C=O) groups excluding carboxylic acids is 3. The third kappa shape index (κ3) is 8.27. The predicted octanol–water partition coefficient (Wildman–Crippen LogP) is 1.67. The van der Waals surface area contributed by atoms with E-state index in [-0.39, 0.29) is 11.5 Å². The topological polar surface area (TPSA) is 144 Å². The lowest BCUT2D eigenvalue weighted by molar-refractivity contribution is -0.123. The summed E-state index contributed by atoms with van der Waals surface area (Å²) in [7, 11) is 1.29. The highest BCUT2D eigenvalue weighted by Gasteiger charge is 2.24. The first-order chi connectivity index (χ1) is 14.7. The maximum absolute atomic E-state index is 12.6. The Kier molecular flexibility index (Phi) is 8.83. The molecule has 1 aromatic heterocycles. The zero-order chi connectivity index (χ0) is 22.9. The van der Waals surface area contributed by atoms with E-state index in [2.05, 4.69) is 31.2 Å². The minimum atomic E-state index is -0.735. The lowest BCUT2D eigenvalue weighted by Gasteiger charge is -2.23. The first kappa shape index (κ1) is 24.2. The molecule has 11 nitrogen and oxygen atoms in total. The summed E-state index contributed by atoms with van der Waals surface area (Å²) >= 11 is 0. The van der Waals surface area contributed by atoms with E-state index in [1.165, 1.54) is 13.3 Å². The second-order valence-electron chi connectivity index (χ2n) is 8.14. The summed E-state index contributed by atoms with van der Waals surface area (Å²) in [5, 5.41) is 11.7. The minimum absolute atomic E-state index is 0.221. The van der Waals surface area contributed by atoms with Gasteiger partial charge in [0.15, 0.2) is 0 Å². The van der Waals surface area contributed by atoms with E-state index in [0.29, 0.717) is 44.2 Å². The Hall–Kier alpha value is -3.11. The number of rotatable bonds is 2. The molecular weight excluding hydrogens is 404 g/mol. The number of nitrogens with one attached hydrogen (secondary N) is 4. The van der Waals surface area contributed by atoms with Crippen molar-refractivity contribution >= 4 is 29.7 Å². The Bertz CT molecular complexity index is 780. The molecule has 0 radical (unpaired) electrons. The first-order valence-electron chi connectivity index (χ1n) is 10.4. The largest absolute Gasteiger partial charge is 0.465 e. The van der Waals surface area contributed by atoms with Gasteiger partial charge in [-0.05, 0) is 46.5 Å². The van der Waals surface area contributed by atoms with Crippen molar-refractivity contribution in [1.82, 2.24) is 20.6 Å². The van der Waals surface area contributed by atoms with Crippen LogP contribution in [0.4, 0.5) is 16.6 Å². The number of anilines is 2. The summed E-state index contributed by atoms with van der Waals surface area (Å²) in [6, 6.07) is -0.735. The molecule has 1 atom stereocenters. The molecular formula is C20H32N6O5. The number of nitrogens with zero attached hydrogens (tertiary/aromatic N) is 2. The Morgan fingerprint density at radius 3 is 2.45 bits per heavy atom. The molecule has 31 heavy (non-hydrogen) atoms. The summed E-state index contributed by atoms with van der Waals surface area (Å²) in [5.41, 5.74) is -0.442. The van der Waals surface area contributed by atoms with Crippen LogP contribution in [0.25, 0.3) is 0 Å². The molecule has 11 heteroatoms. The van der Waals surface area contributed by atoms with Crippen LogP contribution >= 0.6 is 0 Å². The molecule has 2 rings (SSSR count). The normalized spacial score (nSPS) is 18.2. The van der Waals surface area contributed by atoms with Gasteiger partial charge in [-0.15, -0.1) is 0 Å². The van der Waals surface area contributed by atoms with Crippen LogP contribution in [0.15, 0.2) is 6.20 Å². The highest BCUT2D eigenvalue weighted by molar-refractivity contribution is 5.94. The summed E-state index contributed by atoms with van der Waals surface area (Å²) in [6.45, 7) is 6.78. The van der Waals surface area contributed by atoms with Crippen molar-refractivity contribution in [2.75, 3.05) is 37.4 Å². The number of amides is 2. The van der Waals surface area contributed by atoms with Crippen LogP contribution in [0.3, 0.4) is 0 Å². The number of ether oxygens (including phenoxy) is 2. The van der Waals surface area contributed by atoms with Gasteiger partial charge in [0.25, 0.3) is 0 Å². The fourth-order valence-corrected chi connectivity index (χ4v) is 2.88. The standard InChI is InChI=1S/C20H32N6O5/c1-20(2,3)31-19(29)25-14-8-7-11-21-15-13(17(28)30-4)12-24-18(26-15)23-10-6-5-9-22-16(14)27/h12,14H,5-11H2,1-4H3,(H,22,27)(H,25,29)(H2,21,23,24,26)/t14-/m0/s1. The SMILES string of the molecule is COC(=O)c1cnc2nc1NCCC[C@H](NC(=O)OC(C)(C)C)C(=O)NCCCCN2. The van der Waals surface area contributed by atoms with Gasteiger partial charge in [0.1, 0.15) is 23.0 Å². The Balaban J connectivity index is 2.11. The van der Waals surface area contributed by atoms with Crippen LogP contribution in [-0.2, 0) is 14.3 Å². The lowest BCUT2D eigenvalue weighted by atomic mass is 10.1. The van der Waals surface area contributed by atoms with Gasteiger partial charge in [0.05, 0.1) is 7.11 Å². The second kappa shape index (κ2) is 11.3. The summed E-state index contributed by atoms with van der Waals surface area (Å²) in [6.07, 6.45) is 3.19. The van der Waals surface area contributed by atoms with E-state index in [0.717, 1.165) is 12.8 Å². The molecule has 1 aliphatic heterocycles. The van der Waals surface area contributed by atoms with Crippen LogP contribution in [0.2, 0.25) is 0 Å². The third-order valence-corrected chi connectivity index (χ3v) is 4.35. The second-order valence-corrected chi connectivity index (χ2v) is 8.14. The molecule has 2 amide bonds. The van der Waals surface area contributed by atoms with Gasteiger partial charge in [-0.3, -0.25) is 4.79 Å². The summed E-state index contributed by atoms with van der Waals surface area (Å²) in [4.78, 5) is 45.3. The van der Waals surface area contributed by atoms with E-state index in [1.54, 1.807) is 20.8 Å². The molecule has 1 aromatic rings. The van der Waals surface area contributed by atoms with E-state index in [9.17, 15) is 14.4 Å². The van der Waals surface area contributed by atoms with Crippen LogP contribution < -0.4 is 21.3 Å². The maximum Gasteiger partial charge on any atom is 0.408 e. The molecule has 0 unspecified atom stereocenters. The van der Waals surface area contributed by atoms with E-state index in [1.807, 2.05) is 0 Å². The van der Waals surface area contributed by atoms with Crippen molar-refractivity contribution in [2.24, 2.45) is 0 Å². The molecule has 1 aliphatic rings. The zero-order valence-electron chi connectivity index (χ0n) is 18.5. The lowest BCUT2D eigenvalue weighted by Crippen LogP contribution is -2.48. The zero-order valence-corrected chi connectivity index (χ0v) is 18.5. The fourth-order valence-electron chi connectivity index (χ4n) is 2.88. The number of methoxy groups -OCH3 is 1. The van der Waals surface area contributed by atoms with Crippen molar-refractivity contribution in [3.63, 3.8) is 0 Å². The van der Waals surface area contributed by atoms with E-state index < -0.39 is 23.7 Å². The molecule has 0 spiro atoms. The Morgan fingerprint density at radius 1 is 1.10 bits per heavy atom. The molecule has 0 saturated carbocycles. The van der Waals surface area contributed by atoms with Crippen LogP contribution in [-0.4, -0.2) is 66.3 Å². The van der Waals surface area contributed by atoms with Crippen molar-refractivity contribution in [3.8, 4) is 0 Å². The fraction of sp³-hybridized carbons (Fsp3) is 0.650. The van der Waals surface area contributed by atoms with Crippen LogP contribution in [0.5, 0.6) is 0 Å². The van der Waals surface area contributed by atoms with Crippen molar-refractivity contribution in [1.29, 1.82) is 0 Å². The number of hydrogen-bond donors (Lipinski definition) is 4. The number of alkyl carbamates (subject to hydrolysis) is 1. The van der Waals surface area contributed by atoms with Gasteiger partial charge in [0.2, 0.25) is 11.9 Å². The highest BCUT2D eigenvalue weighted by Crippen LogP contribution is 2.16. The van der Waals surface area contributed by atoms with Crippen molar-refractivity contribution in [3.05, 3.63) is 11.8 Å². The predicted molar refractivity (Wildman–Crippen MR) is 115 cm³/mol. The number of esters is 1. The number of aromatic nitrogens is 2. The minimum Gasteiger partial charge on any atom is -0.465 e. The number of hydrogen-bond acceptors (Lipinski definition) is 9. The maximum atomic E-state index is 12.6. The summed E-state index contributed by atoms with van der Waals surface area (Å²) < 4.78 is 10.1. The quantitative estimate of drug-likeness (QED) is 0.509. The van der Waals surface area contributed by atoms with Gasteiger partial charge < -0.3 is 30.7 Å². The molecule has 2 bridgehead atoms. The smallest absolute Gasteiger partial charge is 0.408 e. The Morgan fingerprint density at radius 2 is 1.77 bits per heavy atom. The van der Waals surface area contributed by atoms with Gasteiger partial charge in [-0.2, -0.15) is 4.98 Å². The average Bonchev–Trinajstić information content (AvgIpc) is 2.70. The molecule has 0 aromatic carbocycles. The van der Waals surface area contributed by atoms with Gasteiger partial charge >= 0.3 is 12.1 Å². The average molecular weight is 437 g/mol. The van der Waals surface area contributed by atoms with Gasteiger partial charge in [-0.25, -0.2) is 14.6 Å². The first-order valence-corrected chi connectivity index (χ1v) is 10.4. The van der Waals surface area contributed by atoms with E-state index in [4.69, 9.17) is 9.47 Å². The van der Waals surface area contributed by atoms with Gasteiger partial charge in [-0.1, -0.05) is 0 Å². The third-order valence-electron chi connectivity index (χ3n) is 4.35. The molecule has 0 aliphatic carbocycles. The highest BCUT2D eigenvalue weighted by atomic mass is 16.6. The molecule has 0 saturated heterocycles. The molecule has 4 N–H and O–H groups in total. The molecule has 2 heterocycles. The van der Waals surface area contributed by atoms with Crippen molar-refractivity contribution < 1.29 is 23.9 Å². The molecule has 0 fully saturated rings. The van der Waals surface area contributed by atoms with Crippen LogP contribution in [0, 0.1) is 0 Å². The molecule has 172 valence electrons. The van der Waals surface area contributed by atoms with E-state index >= 15 is 0 Å². The number of carbonyl (C=O) groups is 3. The van der Waals surface area contributed by atoms with Gasteiger partial charge in [0, 0.05) is 25.8 Å². The van der Waals surface area contributed by atoms with Crippen LogP contribution in [0.1, 0.15) is 56.8 Å².